The molecule has 0 aliphatic carbocycles. The summed E-state index contributed by atoms with van der Waals surface area (Å²) >= 11 is 0. The highest BCUT2D eigenvalue weighted by Gasteiger charge is 2.46. The van der Waals surface area contributed by atoms with E-state index in [-0.39, 0.29) is 24.3 Å². The Morgan fingerprint density at radius 2 is 1.85 bits per heavy atom. The minimum atomic E-state index is -2.04. The van der Waals surface area contributed by atoms with Crippen molar-refractivity contribution >= 4 is 20.4 Å². The van der Waals surface area contributed by atoms with Gasteiger partial charge in [0.2, 0.25) is 0 Å². The number of likely N-dealkylation sites (tertiary alicyclic amines) is 1. The molecule has 2 rings (SSSR count). The van der Waals surface area contributed by atoms with Gasteiger partial charge in [-0.1, -0.05) is 51.1 Å². The summed E-state index contributed by atoms with van der Waals surface area (Å²) in [4.78, 5) is 25.3. The van der Waals surface area contributed by atoms with Crippen molar-refractivity contribution < 1.29 is 23.9 Å². The van der Waals surface area contributed by atoms with Crippen molar-refractivity contribution in [3.05, 3.63) is 35.9 Å². The van der Waals surface area contributed by atoms with Crippen molar-refractivity contribution in [1.82, 2.24) is 4.90 Å². The molecule has 1 amide bonds. The van der Waals surface area contributed by atoms with Gasteiger partial charge in [0.15, 0.2) is 8.32 Å². The van der Waals surface area contributed by atoms with Crippen molar-refractivity contribution in [3.63, 3.8) is 0 Å². The summed E-state index contributed by atoms with van der Waals surface area (Å²) < 4.78 is 11.6. The molecule has 0 spiro atoms. The normalized spacial score (nSPS) is 20.9. The van der Waals surface area contributed by atoms with E-state index in [4.69, 9.17) is 9.16 Å². The molecule has 6 nitrogen and oxygen atoms in total. The van der Waals surface area contributed by atoms with Gasteiger partial charge in [-0.3, -0.25) is 4.90 Å². The molecule has 7 heteroatoms. The molecule has 0 saturated carbocycles. The molecular formula is C19H29NO5Si. The van der Waals surface area contributed by atoms with E-state index in [9.17, 15) is 14.7 Å². The van der Waals surface area contributed by atoms with Gasteiger partial charge in [0.25, 0.3) is 0 Å². The predicted molar refractivity (Wildman–Crippen MR) is 101 cm³/mol. The second-order valence-electron chi connectivity index (χ2n) is 8.28. The summed E-state index contributed by atoms with van der Waals surface area (Å²) in [7, 11) is -2.04. The fourth-order valence-electron chi connectivity index (χ4n) is 2.71. The zero-order chi connectivity index (χ0) is 19.5. The lowest BCUT2D eigenvalue weighted by Crippen LogP contribution is -2.45. The van der Waals surface area contributed by atoms with E-state index in [1.165, 1.54) is 4.90 Å². The van der Waals surface area contributed by atoms with Crippen LogP contribution in [0.3, 0.4) is 0 Å². The average Bonchev–Trinajstić information content (AvgIpc) is 2.96. The Morgan fingerprint density at radius 3 is 2.38 bits per heavy atom. The molecule has 26 heavy (non-hydrogen) atoms. The van der Waals surface area contributed by atoms with Crippen LogP contribution >= 0.6 is 0 Å². The highest BCUT2D eigenvalue weighted by atomic mass is 28.4. The van der Waals surface area contributed by atoms with E-state index in [1.807, 2.05) is 30.3 Å². The van der Waals surface area contributed by atoms with Crippen LogP contribution in [0.5, 0.6) is 0 Å². The Morgan fingerprint density at radius 1 is 1.23 bits per heavy atom. The molecule has 1 aliphatic heterocycles. The lowest BCUT2D eigenvalue weighted by molar-refractivity contribution is -0.141. The molecule has 1 aromatic carbocycles. The fourth-order valence-corrected chi connectivity index (χ4v) is 4.07. The number of benzene rings is 1. The molecule has 2 atom stereocenters. The lowest BCUT2D eigenvalue weighted by Gasteiger charge is -2.38. The predicted octanol–water partition coefficient (Wildman–Crippen LogP) is 3.87. The summed E-state index contributed by atoms with van der Waals surface area (Å²) in [5.74, 6) is -1.03. The molecule has 1 fully saturated rings. The molecule has 0 unspecified atom stereocenters. The third kappa shape index (κ3) is 4.85. The van der Waals surface area contributed by atoms with E-state index >= 15 is 0 Å². The highest BCUT2D eigenvalue weighted by Crippen LogP contribution is 2.39. The highest BCUT2D eigenvalue weighted by molar-refractivity contribution is 6.74. The van der Waals surface area contributed by atoms with Crippen molar-refractivity contribution in [2.24, 2.45) is 0 Å². The molecule has 1 N–H and O–H groups in total. The lowest BCUT2D eigenvalue weighted by atomic mass is 10.2. The van der Waals surface area contributed by atoms with Gasteiger partial charge in [-0.05, 0) is 23.7 Å². The largest absolute Gasteiger partial charge is 0.480 e. The minimum absolute atomic E-state index is 0.0208. The van der Waals surface area contributed by atoms with Gasteiger partial charge < -0.3 is 14.3 Å². The number of carbonyl (C=O) groups is 2. The second-order valence-corrected chi connectivity index (χ2v) is 13.0. The first-order valence-electron chi connectivity index (χ1n) is 8.89. The average molecular weight is 380 g/mol. The first-order valence-corrected chi connectivity index (χ1v) is 11.8. The van der Waals surface area contributed by atoms with Crippen LogP contribution in [0.4, 0.5) is 4.79 Å². The zero-order valence-corrected chi connectivity index (χ0v) is 17.2. The van der Waals surface area contributed by atoms with E-state index in [2.05, 4.69) is 33.9 Å². The van der Waals surface area contributed by atoms with Gasteiger partial charge in [0.1, 0.15) is 12.6 Å². The Labute approximate surface area is 156 Å². The summed E-state index contributed by atoms with van der Waals surface area (Å²) in [6.07, 6.45) is -0.591. The molecule has 1 aliphatic rings. The zero-order valence-electron chi connectivity index (χ0n) is 16.2. The number of hydrogen-bond acceptors (Lipinski definition) is 4. The molecule has 0 aromatic heterocycles. The summed E-state index contributed by atoms with van der Waals surface area (Å²) in [6.45, 7) is 11.0. The van der Waals surface area contributed by atoms with Gasteiger partial charge in [0.05, 0.1) is 6.10 Å². The molecule has 0 bridgehead atoms. The standard InChI is InChI=1S/C19H29NO5Si/c1-19(2,3)26(4,5)25-15-11-16(17(21)22)20(12-15)18(23)24-13-14-9-7-6-8-10-14/h6-10,15-16H,11-13H2,1-5H3,(H,21,22)/t15-,16+/m1/s1. The van der Waals surface area contributed by atoms with E-state index in [0.29, 0.717) is 6.42 Å². The molecule has 1 heterocycles. The quantitative estimate of drug-likeness (QED) is 0.786. The maximum absolute atomic E-state index is 12.4. The third-order valence-corrected chi connectivity index (χ3v) is 9.79. The molecule has 1 saturated heterocycles. The Kier molecular flexibility index (Phi) is 6.13. The van der Waals surface area contributed by atoms with Gasteiger partial charge in [-0.25, -0.2) is 9.59 Å². The summed E-state index contributed by atoms with van der Waals surface area (Å²) in [5.41, 5.74) is 0.862. The van der Waals surface area contributed by atoms with E-state index < -0.39 is 26.4 Å². The van der Waals surface area contributed by atoms with Crippen LogP contribution in [0.2, 0.25) is 18.1 Å². The number of hydrogen-bond donors (Lipinski definition) is 1. The third-order valence-electron chi connectivity index (χ3n) is 5.25. The number of aliphatic carboxylic acids is 1. The number of nitrogens with zero attached hydrogens (tertiary/aromatic N) is 1. The van der Waals surface area contributed by atoms with Crippen molar-refractivity contribution in [2.75, 3.05) is 6.54 Å². The smallest absolute Gasteiger partial charge is 0.410 e. The topological polar surface area (TPSA) is 76.1 Å². The maximum Gasteiger partial charge on any atom is 0.410 e. The van der Waals surface area contributed by atoms with E-state index in [1.54, 1.807) is 0 Å². The van der Waals surface area contributed by atoms with Crippen LogP contribution in [0.1, 0.15) is 32.8 Å². The van der Waals surface area contributed by atoms with Crippen LogP contribution < -0.4 is 0 Å². The molecule has 1 aromatic rings. The Bertz CT molecular complexity index is 641. The van der Waals surface area contributed by atoms with Crippen molar-refractivity contribution in [3.8, 4) is 0 Å². The number of carboxylic acid groups (broad SMARTS) is 1. The molecule has 144 valence electrons. The van der Waals surface area contributed by atoms with Gasteiger partial charge in [-0.15, -0.1) is 0 Å². The Balaban J connectivity index is 2.02. The number of carbonyl (C=O) groups excluding carboxylic acids is 1. The van der Waals surface area contributed by atoms with Crippen LogP contribution in [-0.4, -0.2) is 49.1 Å². The van der Waals surface area contributed by atoms with Crippen LogP contribution in [-0.2, 0) is 20.6 Å². The van der Waals surface area contributed by atoms with Crippen LogP contribution in [0.25, 0.3) is 0 Å². The van der Waals surface area contributed by atoms with Crippen molar-refractivity contribution in [2.45, 2.75) is 64.1 Å². The van der Waals surface area contributed by atoms with Crippen LogP contribution in [0, 0.1) is 0 Å². The SMILES string of the molecule is CC(C)(C)[Si](C)(C)O[C@@H]1C[C@@H](C(=O)O)N(C(=O)OCc2ccccc2)C1. The van der Waals surface area contributed by atoms with Gasteiger partial charge in [0, 0.05) is 13.0 Å². The Hall–Kier alpha value is -1.86. The minimum Gasteiger partial charge on any atom is -0.480 e. The van der Waals surface area contributed by atoms with E-state index in [0.717, 1.165) is 5.56 Å². The first kappa shape index (κ1) is 20.4. The second kappa shape index (κ2) is 7.80. The van der Waals surface area contributed by atoms with Crippen molar-refractivity contribution in [1.29, 1.82) is 0 Å². The van der Waals surface area contributed by atoms with Gasteiger partial charge in [-0.2, -0.15) is 0 Å². The maximum atomic E-state index is 12.4. The number of rotatable bonds is 5. The van der Waals surface area contributed by atoms with Gasteiger partial charge >= 0.3 is 12.1 Å². The monoisotopic (exact) mass is 379 g/mol. The fraction of sp³-hybridized carbons (Fsp3) is 0.579. The number of amides is 1. The molecular weight excluding hydrogens is 350 g/mol. The first-order chi connectivity index (χ1) is 12.0. The van der Waals surface area contributed by atoms with Crippen LogP contribution in [0.15, 0.2) is 30.3 Å². The number of ether oxygens (including phenoxy) is 1. The number of carboxylic acids is 1. The molecule has 0 radical (unpaired) electrons. The summed E-state index contributed by atoms with van der Waals surface area (Å²) in [5, 5.41) is 9.52. The summed E-state index contributed by atoms with van der Waals surface area (Å²) in [6, 6.07) is 8.41.